The van der Waals surface area contributed by atoms with Gasteiger partial charge in [-0.15, -0.1) is 0 Å². The summed E-state index contributed by atoms with van der Waals surface area (Å²) in [7, 11) is 0. The van der Waals surface area contributed by atoms with Crippen molar-refractivity contribution in [3.05, 3.63) is 34.4 Å². The van der Waals surface area contributed by atoms with Gasteiger partial charge in [0.05, 0.1) is 0 Å². The third kappa shape index (κ3) is 2.24. The van der Waals surface area contributed by atoms with Crippen molar-refractivity contribution >= 4 is 0 Å². The second-order valence-corrected chi connectivity index (χ2v) is 6.20. The van der Waals surface area contributed by atoms with Crippen LogP contribution in [0.2, 0.25) is 0 Å². The molecule has 2 rings (SSSR count). The lowest BCUT2D eigenvalue weighted by atomic mass is 9.73. The molecule has 0 aromatic carbocycles. The van der Waals surface area contributed by atoms with E-state index in [4.69, 9.17) is 0 Å². The highest BCUT2D eigenvalue weighted by Crippen LogP contribution is 2.59. The van der Waals surface area contributed by atoms with Crippen LogP contribution in [0.5, 0.6) is 0 Å². The van der Waals surface area contributed by atoms with Crippen LogP contribution in [0.4, 0.5) is 0 Å². The largest absolute Gasteiger partial charge is 0.0653 e. The highest BCUT2D eigenvalue weighted by Gasteiger charge is 2.45. The Morgan fingerprint density at radius 3 is 1.42 bits per heavy atom. The van der Waals surface area contributed by atoms with Crippen LogP contribution in [-0.2, 0) is 0 Å². The number of rotatable bonds is 8. The Kier molecular flexibility index (Phi) is 4.71. The molecule has 0 aliphatic heterocycles. The topological polar surface area (TPSA) is 0 Å². The van der Waals surface area contributed by atoms with Gasteiger partial charge in [-0.1, -0.05) is 65.5 Å². The third-order valence-electron chi connectivity index (χ3n) is 4.82. The molecule has 0 fully saturated rings. The summed E-state index contributed by atoms with van der Waals surface area (Å²) in [4.78, 5) is 0. The zero-order valence-electron chi connectivity index (χ0n) is 13.3. The monoisotopic (exact) mass is 258 g/mol. The molecule has 0 aromatic rings. The Bertz CT molecular complexity index is 377. The van der Waals surface area contributed by atoms with Crippen LogP contribution in [0.25, 0.3) is 0 Å². The molecule has 0 unspecified atom stereocenters. The van der Waals surface area contributed by atoms with E-state index < -0.39 is 0 Å². The highest BCUT2D eigenvalue weighted by molar-refractivity contribution is 5.66. The van der Waals surface area contributed by atoms with Gasteiger partial charge in [0.25, 0.3) is 0 Å². The fraction of sp³-hybridized carbons (Fsp3) is 0.684. The summed E-state index contributed by atoms with van der Waals surface area (Å²) in [5.41, 5.74) is 7.28. The maximum atomic E-state index is 2.45. The van der Waals surface area contributed by atoms with Gasteiger partial charge >= 0.3 is 0 Å². The molecule has 0 radical (unpaired) electrons. The van der Waals surface area contributed by atoms with Gasteiger partial charge in [-0.25, -0.2) is 0 Å². The second-order valence-electron chi connectivity index (χ2n) is 6.20. The Labute approximate surface area is 119 Å². The van der Waals surface area contributed by atoms with Crippen molar-refractivity contribution in [3.63, 3.8) is 0 Å². The van der Waals surface area contributed by atoms with Crippen molar-refractivity contribution in [1.29, 1.82) is 0 Å². The molecule has 0 aromatic heterocycles. The quantitative estimate of drug-likeness (QED) is 0.476. The fourth-order valence-corrected chi connectivity index (χ4v) is 4.32. The lowest BCUT2D eigenvalue weighted by molar-refractivity contribution is 0.382. The van der Waals surface area contributed by atoms with Gasteiger partial charge in [-0.05, 0) is 48.0 Å². The zero-order valence-corrected chi connectivity index (χ0v) is 13.3. The Hall–Kier alpha value is -0.780. The van der Waals surface area contributed by atoms with Gasteiger partial charge in [0, 0.05) is 5.41 Å². The van der Waals surface area contributed by atoms with Gasteiger partial charge in [0.2, 0.25) is 0 Å². The summed E-state index contributed by atoms with van der Waals surface area (Å²) in [5.74, 6) is 0. The van der Waals surface area contributed by atoms with Gasteiger partial charge in [0.1, 0.15) is 0 Å². The van der Waals surface area contributed by atoms with E-state index in [9.17, 15) is 0 Å². The van der Waals surface area contributed by atoms with E-state index in [2.05, 4.69) is 39.8 Å². The van der Waals surface area contributed by atoms with E-state index in [1.165, 1.54) is 51.4 Å². The second kappa shape index (κ2) is 6.11. The molecule has 0 N–H and O–H groups in total. The average molecular weight is 258 g/mol. The Morgan fingerprint density at radius 1 is 0.684 bits per heavy atom. The van der Waals surface area contributed by atoms with Crippen LogP contribution < -0.4 is 0 Å². The van der Waals surface area contributed by atoms with E-state index in [0.29, 0.717) is 5.41 Å². The molecule has 0 saturated heterocycles. The van der Waals surface area contributed by atoms with Crippen LogP contribution in [0.15, 0.2) is 34.4 Å². The van der Waals surface area contributed by atoms with Gasteiger partial charge in [-0.2, -0.15) is 0 Å². The minimum atomic E-state index is 0.415. The van der Waals surface area contributed by atoms with Crippen molar-refractivity contribution < 1.29 is 0 Å². The molecule has 0 heteroatoms. The normalized spacial score (nSPS) is 20.0. The molecular formula is C19H30. The standard InChI is InChI=1S/C19H30/c1-5-9-15-16(10-6-2)18-12-11-17(15)19(18,13-7-3)14-8-4/h11-12H,5-10,13-14H2,1-4H3. The molecule has 0 atom stereocenters. The maximum absolute atomic E-state index is 2.45. The van der Waals surface area contributed by atoms with Crippen molar-refractivity contribution in [1.82, 2.24) is 0 Å². The molecule has 0 nitrogen and oxygen atoms in total. The predicted molar refractivity (Wildman–Crippen MR) is 85.3 cm³/mol. The first kappa shape index (κ1) is 14.6. The molecule has 2 bridgehead atoms. The van der Waals surface area contributed by atoms with Crippen LogP contribution in [0.1, 0.15) is 79.1 Å². The predicted octanol–water partition coefficient (Wildman–Crippen LogP) is 6.35. The Balaban J connectivity index is 2.47. The van der Waals surface area contributed by atoms with Crippen LogP contribution in [0.3, 0.4) is 0 Å². The number of hydrogen-bond acceptors (Lipinski definition) is 0. The Morgan fingerprint density at radius 2 is 1.11 bits per heavy atom. The van der Waals surface area contributed by atoms with Crippen LogP contribution in [-0.4, -0.2) is 0 Å². The van der Waals surface area contributed by atoms with E-state index in [1.54, 1.807) is 22.3 Å². The van der Waals surface area contributed by atoms with E-state index >= 15 is 0 Å². The van der Waals surface area contributed by atoms with Gasteiger partial charge in [0.15, 0.2) is 0 Å². The first-order valence-electron chi connectivity index (χ1n) is 8.40. The summed E-state index contributed by atoms with van der Waals surface area (Å²) in [6, 6.07) is 0. The average Bonchev–Trinajstić information content (AvgIpc) is 2.83. The molecule has 2 aliphatic rings. The van der Waals surface area contributed by atoms with Gasteiger partial charge in [-0.3, -0.25) is 0 Å². The molecule has 2 aliphatic carbocycles. The minimum absolute atomic E-state index is 0.415. The molecular weight excluding hydrogens is 228 g/mol. The smallest absolute Gasteiger partial charge is 0.0208 e. The fourth-order valence-electron chi connectivity index (χ4n) is 4.32. The first-order valence-corrected chi connectivity index (χ1v) is 8.40. The van der Waals surface area contributed by atoms with Crippen molar-refractivity contribution in [3.8, 4) is 0 Å². The lowest BCUT2D eigenvalue weighted by Crippen LogP contribution is -2.19. The molecule has 106 valence electrons. The van der Waals surface area contributed by atoms with E-state index in [-0.39, 0.29) is 0 Å². The maximum Gasteiger partial charge on any atom is 0.0208 e. The minimum Gasteiger partial charge on any atom is -0.0653 e. The van der Waals surface area contributed by atoms with Crippen molar-refractivity contribution in [2.45, 2.75) is 79.1 Å². The van der Waals surface area contributed by atoms with Crippen LogP contribution in [0, 0.1) is 5.41 Å². The SMILES string of the molecule is CCCC1=C2C=CC(=C1CCC)C2(CCC)CCC. The summed E-state index contributed by atoms with van der Waals surface area (Å²) < 4.78 is 0. The number of allylic oxidation sites excluding steroid dienone is 6. The third-order valence-corrected chi connectivity index (χ3v) is 4.82. The van der Waals surface area contributed by atoms with E-state index in [0.717, 1.165) is 0 Å². The summed E-state index contributed by atoms with van der Waals surface area (Å²) in [6.07, 6.45) is 15.3. The summed E-state index contributed by atoms with van der Waals surface area (Å²) in [5, 5.41) is 0. The molecule has 0 amide bonds. The molecule has 0 saturated carbocycles. The first-order chi connectivity index (χ1) is 9.25. The molecule has 19 heavy (non-hydrogen) atoms. The van der Waals surface area contributed by atoms with Crippen molar-refractivity contribution in [2.75, 3.05) is 0 Å². The number of hydrogen-bond donors (Lipinski definition) is 0. The van der Waals surface area contributed by atoms with E-state index in [1.807, 2.05) is 0 Å². The zero-order chi connectivity index (χ0) is 13.9. The number of fused-ring (bicyclic) bond motifs is 2. The summed E-state index contributed by atoms with van der Waals surface area (Å²) in [6.45, 7) is 9.32. The van der Waals surface area contributed by atoms with Gasteiger partial charge < -0.3 is 0 Å². The molecule has 0 heterocycles. The molecule has 0 spiro atoms. The van der Waals surface area contributed by atoms with Crippen molar-refractivity contribution in [2.24, 2.45) is 5.41 Å². The van der Waals surface area contributed by atoms with Crippen LogP contribution >= 0.6 is 0 Å². The summed E-state index contributed by atoms with van der Waals surface area (Å²) >= 11 is 0. The lowest BCUT2D eigenvalue weighted by Gasteiger charge is -2.30. The highest BCUT2D eigenvalue weighted by atomic mass is 14.5.